The third-order valence-electron chi connectivity index (χ3n) is 3.92. The highest BCUT2D eigenvalue weighted by Gasteiger charge is 2.48. The first kappa shape index (κ1) is 11.7. The molecular formula is C15H18O3. The van der Waals surface area contributed by atoms with E-state index in [2.05, 4.69) is 26.0 Å². The van der Waals surface area contributed by atoms with Gasteiger partial charge in [-0.25, -0.2) is 4.79 Å². The van der Waals surface area contributed by atoms with Crippen molar-refractivity contribution in [3.8, 4) is 0 Å². The fraction of sp³-hybridized carbons (Fsp3) is 0.533. The van der Waals surface area contributed by atoms with E-state index >= 15 is 0 Å². The van der Waals surface area contributed by atoms with Crippen LogP contribution in [0.5, 0.6) is 0 Å². The molecule has 0 radical (unpaired) electrons. The largest absolute Gasteiger partial charge is 0.460 e. The predicted octanol–water partition coefficient (Wildman–Crippen LogP) is 2.84. The first-order valence-corrected chi connectivity index (χ1v) is 6.58. The van der Waals surface area contributed by atoms with E-state index in [-0.39, 0.29) is 24.3 Å². The van der Waals surface area contributed by atoms with E-state index in [1.807, 2.05) is 6.07 Å². The fourth-order valence-electron chi connectivity index (χ4n) is 2.21. The summed E-state index contributed by atoms with van der Waals surface area (Å²) in [5.41, 5.74) is 3.57. The number of hydrogen-bond donors (Lipinski definition) is 0. The molecule has 1 aliphatic carbocycles. The zero-order valence-corrected chi connectivity index (χ0v) is 10.8. The van der Waals surface area contributed by atoms with Gasteiger partial charge in [-0.3, -0.25) is 0 Å². The van der Waals surface area contributed by atoms with Gasteiger partial charge in [0.05, 0.1) is 0 Å². The lowest BCUT2D eigenvalue weighted by Gasteiger charge is -2.24. The molecule has 1 heterocycles. The summed E-state index contributed by atoms with van der Waals surface area (Å²) in [6, 6.07) is 6.20. The summed E-state index contributed by atoms with van der Waals surface area (Å²) in [7, 11) is 0. The molecule has 18 heavy (non-hydrogen) atoms. The standard InChI is InChI=1S/C15H18O3/c1-9-6-7-11(8-10(9)2)13-14(18-13)15(16)17-12-4-3-5-12/h6-8,12-14H,3-5H2,1-2H3. The Morgan fingerprint density at radius 2 is 2.06 bits per heavy atom. The molecule has 1 saturated heterocycles. The van der Waals surface area contributed by atoms with Gasteiger partial charge in [0.2, 0.25) is 0 Å². The third kappa shape index (κ3) is 2.15. The van der Waals surface area contributed by atoms with Crippen LogP contribution in [-0.2, 0) is 14.3 Å². The lowest BCUT2D eigenvalue weighted by Crippen LogP contribution is -2.27. The molecular weight excluding hydrogens is 228 g/mol. The monoisotopic (exact) mass is 246 g/mol. The molecule has 0 aromatic heterocycles. The molecule has 1 saturated carbocycles. The quantitative estimate of drug-likeness (QED) is 0.608. The Morgan fingerprint density at radius 1 is 1.28 bits per heavy atom. The van der Waals surface area contributed by atoms with Gasteiger partial charge >= 0.3 is 5.97 Å². The molecule has 3 nitrogen and oxygen atoms in total. The van der Waals surface area contributed by atoms with Crippen LogP contribution in [0.1, 0.15) is 42.1 Å². The molecule has 2 atom stereocenters. The van der Waals surface area contributed by atoms with Crippen LogP contribution in [0, 0.1) is 13.8 Å². The molecule has 2 fully saturated rings. The van der Waals surface area contributed by atoms with Crippen LogP contribution in [0.15, 0.2) is 18.2 Å². The van der Waals surface area contributed by atoms with Crippen molar-refractivity contribution in [1.82, 2.24) is 0 Å². The van der Waals surface area contributed by atoms with Crippen molar-refractivity contribution in [2.75, 3.05) is 0 Å². The molecule has 0 amide bonds. The van der Waals surface area contributed by atoms with Crippen LogP contribution in [0.25, 0.3) is 0 Å². The number of epoxide rings is 1. The second kappa shape index (κ2) is 4.39. The van der Waals surface area contributed by atoms with E-state index in [0.717, 1.165) is 18.4 Å². The zero-order valence-electron chi connectivity index (χ0n) is 10.8. The Balaban J connectivity index is 1.62. The van der Waals surface area contributed by atoms with Crippen molar-refractivity contribution in [1.29, 1.82) is 0 Å². The molecule has 2 unspecified atom stereocenters. The van der Waals surface area contributed by atoms with Gasteiger partial charge in [0, 0.05) is 0 Å². The van der Waals surface area contributed by atoms with Gasteiger partial charge < -0.3 is 9.47 Å². The lowest BCUT2D eigenvalue weighted by atomic mass is 9.96. The predicted molar refractivity (Wildman–Crippen MR) is 67.3 cm³/mol. The molecule has 0 N–H and O–H groups in total. The fourth-order valence-corrected chi connectivity index (χ4v) is 2.21. The lowest BCUT2D eigenvalue weighted by molar-refractivity contribution is -0.154. The number of aryl methyl sites for hydroxylation is 2. The minimum absolute atomic E-state index is 0.100. The third-order valence-corrected chi connectivity index (χ3v) is 3.92. The van der Waals surface area contributed by atoms with Gasteiger partial charge in [0.25, 0.3) is 0 Å². The Hall–Kier alpha value is -1.35. The van der Waals surface area contributed by atoms with Crippen LogP contribution in [0.4, 0.5) is 0 Å². The molecule has 96 valence electrons. The van der Waals surface area contributed by atoms with Crippen LogP contribution in [0.3, 0.4) is 0 Å². The Kier molecular flexibility index (Phi) is 2.86. The second-order valence-electron chi connectivity index (χ2n) is 5.31. The van der Waals surface area contributed by atoms with E-state index in [4.69, 9.17) is 9.47 Å². The number of ether oxygens (including phenoxy) is 2. The average molecular weight is 246 g/mol. The smallest absolute Gasteiger partial charge is 0.338 e. The van der Waals surface area contributed by atoms with Gasteiger partial charge in [-0.2, -0.15) is 0 Å². The molecule has 1 aromatic carbocycles. The summed E-state index contributed by atoms with van der Waals surface area (Å²) < 4.78 is 10.8. The highest BCUT2D eigenvalue weighted by molar-refractivity contribution is 5.78. The highest BCUT2D eigenvalue weighted by Crippen LogP contribution is 2.40. The summed E-state index contributed by atoms with van der Waals surface area (Å²) in [6.45, 7) is 4.15. The van der Waals surface area contributed by atoms with Crippen molar-refractivity contribution in [2.45, 2.75) is 51.4 Å². The highest BCUT2D eigenvalue weighted by atomic mass is 16.6. The van der Waals surface area contributed by atoms with E-state index in [1.54, 1.807) is 0 Å². The normalized spacial score (nSPS) is 26.6. The van der Waals surface area contributed by atoms with Gasteiger partial charge in [0.15, 0.2) is 6.10 Å². The molecule has 2 aliphatic rings. The molecule has 1 aliphatic heterocycles. The molecule has 1 aromatic rings. The van der Waals surface area contributed by atoms with Crippen molar-refractivity contribution in [3.05, 3.63) is 34.9 Å². The molecule has 0 bridgehead atoms. The van der Waals surface area contributed by atoms with Gasteiger partial charge in [-0.1, -0.05) is 18.2 Å². The molecule has 3 heteroatoms. The Morgan fingerprint density at radius 3 is 2.67 bits per heavy atom. The maximum Gasteiger partial charge on any atom is 0.338 e. The Bertz CT molecular complexity index is 477. The van der Waals surface area contributed by atoms with Crippen LogP contribution >= 0.6 is 0 Å². The summed E-state index contributed by atoms with van der Waals surface area (Å²) >= 11 is 0. The van der Waals surface area contributed by atoms with E-state index in [9.17, 15) is 4.79 Å². The summed E-state index contributed by atoms with van der Waals surface area (Å²) in [6.07, 6.45) is 2.84. The minimum Gasteiger partial charge on any atom is -0.460 e. The molecule has 3 rings (SSSR count). The van der Waals surface area contributed by atoms with Crippen LogP contribution in [-0.4, -0.2) is 18.2 Å². The minimum atomic E-state index is -0.382. The topological polar surface area (TPSA) is 38.8 Å². The Labute approximate surface area is 107 Å². The first-order chi connectivity index (χ1) is 8.65. The molecule has 0 spiro atoms. The second-order valence-corrected chi connectivity index (χ2v) is 5.31. The SMILES string of the molecule is Cc1ccc(C2OC2C(=O)OC2CCC2)cc1C. The maximum atomic E-state index is 11.8. The first-order valence-electron chi connectivity index (χ1n) is 6.58. The maximum absolute atomic E-state index is 11.8. The number of carbonyl (C=O) groups is 1. The van der Waals surface area contributed by atoms with E-state index < -0.39 is 0 Å². The van der Waals surface area contributed by atoms with Gasteiger partial charge in [-0.15, -0.1) is 0 Å². The van der Waals surface area contributed by atoms with Crippen molar-refractivity contribution < 1.29 is 14.3 Å². The van der Waals surface area contributed by atoms with Gasteiger partial charge in [0.1, 0.15) is 12.2 Å². The van der Waals surface area contributed by atoms with Crippen molar-refractivity contribution >= 4 is 5.97 Å². The summed E-state index contributed by atoms with van der Waals surface area (Å²) in [4.78, 5) is 11.8. The summed E-state index contributed by atoms with van der Waals surface area (Å²) in [5.74, 6) is -0.192. The van der Waals surface area contributed by atoms with Gasteiger partial charge in [-0.05, 0) is 49.8 Å². The van der Waals surface area contributed by atoms with E-state index in [0.29, 0.717) is 0 Å². The number of benzene rings is 1. The number of rotatable bonds is 3. The van der Waals surface area contributed by atoms with Crippen LogP contribution in [0.2, 0.25) is 0 Å². The summed E-state index contributed by atoms with van der Waals surface area (Å²) in [5, 5.41) is 0. The number of hydrogen-bond acceptors (Lipinski definition) is 3. The number of carbonyl (C=O) groups excluding carboxylic acids is 1. The average Bonchev–Trinajstić information content (AvgIpc) is 3.07. The number of esters is 1. The van der Waals surface area contributed by atoms with E-state index in [1.165, 1.54) is 17.5 Å². The van der Waals surface area contributed by atoms with Crippen molar-refractivity contribution in [2.24, 2.45) is 0 Å². The van der Waals surface area contributed by atoms with Crippen LogP contribution < -0.4 is 0 Å². The zero-order chi connectivity index (χ0) is 12.7. The van der Waals surface area contributed by atoms with Crippen molar-refractivity contribution in [3.63, 3.8) is 0 Å².